The standard InChI is InChI=1S/C8H13NOS/c1-6-3-4-8(11-6)7(5-10)9-2/h3-4,7,9-10H,5H2,1-2H3. The van der Waals surface area contributed by atoms with Crippen LogP contribution in [0.15, 0.2) is 12.1 Å². The van der Waals surface area contributed by atoms with Gasteiger partial charge < -0.3 is 10.4 Å². The molecule has 1 rings (SSSR count). The molecule has 0 aliphatic rings. The van der Waals surface area contributed by atoms with Gasteiger partial charge in [-0.1, -0.05) is 0 Å². The number of rotatable bonds is 3. The van der Waals surface area contributed by atoms with Gasteiger partial charge in [-0.25, -0.2) is 0 Å². The minimum Gasteiger partial charge on any atom is -0.394 e. The molecule has 0 aliphatic heterocycles. The number of aliphatic hydroxyl groups excluding tert-OH is 1. The van der Waals surface area contributed by atoms with Gasteiger partial charge in [0.05, 0.1) is 12.6 Å². The van der Waals surface area contributed by atoms with E-state index in [1.807, 2.05) is 7.05 Å². The van der Waals surface area contributed by atoms with Gasteiger partial charge in [0, 0.05) is 9.75 Å². The first-order chi connectivity index (χ1) is 5.27. The van der Waals surface area contributed by atoms with E-state index in [0.717, 1.165) is 0 Å². The van der Waals surface area contributed by atoms with Crippen LogP contribution in [0.3, 0.4) is 0 Å². The number of hydrogen-bond donors (Lipinski definition) is 2. The Morgan fingerprint density at radius 3 is 2.73 bits per heavy atom. The lowest BCUT2D eigenvalue weighted by Gasteiger charge is -2.09. The summed E-state index contributed by atoms with van der Waals surface area (Å²) in [4.78, 5) is 2.49. The van der Waals surface area contributed by atoms with Gasteiger partial charge in [0.25, 0.3) is 0 Å². The maximum Gasteiger partial charge on any atom is 0.0647 e. The molecule has 1 atom stereocenters. The topological polar surface area (TPSA) is 32.3 Å². The van der Waals surface area contributed by atoms with Gasteiger partial charge in [0.2, 0.25) is 0 Å². The zero-order chi connectivity index (χ0) is 8.27. The van der Waals surface area contributed by atoms with Crippen molar-refractivity contribution in [2.45, 2.75) is 13.0 Å². The van der Waals surface area contributed by atoms with E-state index in [2.05, 4.69) is 24.4 Å². The Morgan fingerprint density at radius 1 is 1.64 bits per heavy atom. The second-order valence-electron chi connectivity index (χ2n) is 2.47. The summed E-state index contributed by atoms with van der Waals surface area (Å²) in [6.45, 7) is 2.23. The van der Waals surface area contributed by atoms with Gasteiger partial charge >= 0.3 is 0 Å². The summed E-state index contributed by atoms with van der Waals surface area (Å²) in [7, 11) is 1.86. The van der Waals surface area contributed by atoms with E-state index in [9.17, 15) is 0 Å². The number of nitrogens with one attached hydrogen (secondary N) is 1. The molecule has 1 heterocycles. The lowest BCUT2D eigenvalue weighted by molar-refractivity contribution is 0.253. The monoisotopic (exact) mass is 171 g/mol. The van der Waals surface area contributed by atoms with E-state index < -0.39 is 0 Å². The lowest BCUT2D eigenvalue weighted by Crippen LogP contribution is -2.18. The smallest absolute Gasteiger partial charge is 0.0647 e. The van der Waals surface area contributed by atoms with Crippen molar-refractivity contribution in [3.8, 4) is 0 Å². The minimum absolute atomic E-state index is 0.105. The zero-order valence-electron chi connectivity index (χ0n) is 6.79. The normalized spacial score (nSPS) is 13.4. The van der Waals surface area contributed by atoms with Crippen LogP contribution in [-0.2, 0) is 0 Å². The van der Waals surface area contributed by atoms with Crippen LogP contribution in [0.1, 0.15) is 15.8 Å². The molecule has 1 aromatic rings. The van der Waals surface area contributed by atoms with Crippen LogP contribution in [0.2, 0.25) is 0 Å². The lowest BCUT2D eigenvalue weighted by atomic mass is 10.2. The molecule has 0 aromatic carbocycles. The summed E-state index contributed by atoms with van der Waals surface area (Å²) < 4.78 is 0. The molecule has 0 amide bonds. The predicted octanol–water partition coefficient (Wildman–Crippen LogP) is 1.31. The molecule has 0 aliphatic carbocycles. The molecule has 2 N–H and O–H groups in total. The van der Waals surface area contributed by atoms with Crippen molar-refractivity contribution in [1.82, 2.24) is 5.32 Å². The molecule has 0 bridgehead atoms. The minimum atomic E-state index is 0.105. The van der Waals surface area contributed by atoms with E-state index in [1.54, 1.807) is 11.3 Å². The number of thiophene rings is 1. The van der Waals surface area contributed by atoms with Gasteiger partial charge in [-0.3, -0.25) is 0 Å². The Hall–Kier alpha value is -0.380. The fourth-order valence-electron chi connectivity index (χ4n) is 0.964. The molecule has 0 spiro atoms. The fraction of sp³-hybridized carbons (Fsp3) is 0.500. The van der Waals surface area contributed by atoms with Crippen molar-refractivity contribution in [3.05, 3.63) is 21.9 Å². The van der Waals surface area contributed by atoms with Crippen molar-refractivity contribution in [2.24, 2.45) is 0 Å². The summed E-state index contributed by atoms with van der Waals surface area (Å²) in [6, 6.07) is 4.23. The third-order valence-electron chi connectivity index (χ3n) is 1.64. The largest absolute Gasteiger partial charge is 0.394 e. The van der Waals surface area contributed by atoms with E-state index in [1.165, 1.54) is 9.75 Å². The van der Waals surface area contributed by atoms with Crippen molar-refractivity contribution < 1.29 is 5.11 Å². The third kappa shape index (κ3) is 2.02. The second-order valence-corrected chi connectivity index (χ2v) is 3.79. The first kappa shape index (κ1) is 8.71. The first-order valence-corrected chi connectivity index (χ1v) is 4.44. The number of likely N-dealkylation sites (N-methyl/N-ethyl adjacent to an activating group) is 1. The highest BCUT2D eigenvalue weighted by Crippen LogP contribution is 2.21. The molecule has 1 aromatic heterocycles. The first-order valence-electron chi connectivity index (χ1n) is 3.62. The van der Waals surface area contributed by atoms with Crippen LogP contribution in [0.5, 0.6) is 0 Å². The average molecular weight is 171 g/mol. The van der Waals surface area contributed by atoms with Crippen molar-refractivity contribution in [1.29, 1.82) is 0 Å². The van der Waals surface area contributed by atoms with Crippen LogP contribution in [0.4, 0.5) is 0 Å². The molecule has 11 heavy (non-hydrogen) atoms. The molecule has 62 valence electrons. The average Bonchev–Trinajstić information content (AvgIpc) is 2.39. The zero-order valence-corrected chi connectivity index (χ0v) is 7.61. The Labute approximate surface area is 70.9 Å². The molecule has 2 nitrogen and oxygen atoms in total. The summed E-state index contributed by atoms with van der Waals surface area (Å²) in [5.74, 6) is 0. The second kappa shape index (κ2) is 3.85. The molecule has 0 saturated heterocycles. The highest BCUT2D eigenvalue weighted by molar-refractivity contribution is 7.12. The van der Waals surface area contributed by atoms with Crippen molar-refractivity contribution in [3.63, 3.8) is 0 Å². The number of aliphatic hydroxyl groups is 1. The number of hydrogen-bond acceptors (Lipinski definition) is 3. The maximum absolute atomic E-state index is 8.93. The molecular formula is C8H13NOS. The highest BCUT2D eigenvalue weighted by atomic mass is 32.1. The Kier molecular flexibility index (Phi) is 3.05. The van der Waals surface area contributed by atoms with E-state index >= 15 is 0 Å². The van der Waals surface area contributed by atoms with E-state index in [-0.39, 0.29) is 12.6 Å². The summed E-state index contributed by atoms with van der Waals surface area (Å²) in [5, 5.41) is 12.0. The number of aryl methyl sites for hydroxylation is 1. The summed E-state index contributed by atoms with van der Waals surface area (Å²) in [6.07, 6.45) is 0. The van der Waals surface area contributed by atoms with E-state index in [4.69, 9.17) is 5.11 Å². The highest BCUT2D eigenvalue weighted by Gasteiger charge is 2.08. The molecule has 1 unspecified atom stereocenters. The quantitative estimate of drug-likeness (QED) is 0.718. The molecule has 3 heteroatoms. The Bertz CT molecular complexity index is 218. The van der Waals surface area contributed by atoms with Crippen LogP contribution in [-0.4, -0.2) is 18.8 Å². The van der Waals surface area contributed by atoms with Crippen molar-refractivity contribution >= 4 is 11.3 Å². The van der Waals surface area contributed by atoms with Gasteiger partial charge in [-0.15, -0.1) is 11.3 Å². The predicted molar refractivity (Wildman–Crippen MR) is 47.9 cm³/mol. The molecule has 0 fully saturated rings. The summed E-state index contributed by atoms with van der Waals surface area (Å²) >= 11 is 1.72. The van der Waals surface area contributed by atoms with Crippen molar-refractivity contribution in [2.75, 3.05) is 13.7 Å². The Balaban J connectivity index is 2.73. The summed E-state index contributed by atoms with van der Waals surface area (Å²) in [5.41, 5.74) is 0. The Morgan fingerprint density at radius 2 is 2.36 bits per heavy atom. The van der Waals surface area contributed by atoms with Gasteiger partial charge in [-0.05, 0) is 26.1 Å². The molecule has 0 saturated carbocycles. The maximum atomic E-state index is 8.93. The van der Waals surface area contributed by atoms with Gasteiger partial charge in [-0.2, -0.15) is 0 Å². The molecular weight excluding hydrogens is 158 g/mol. The van der Waals surface area contributed by atoms with Gasteiger partial charge in [0.1, 0.15) is 0 Å². The van der Waals surface area contributed by atoms with Gasteiger partial charge in [0.15, 0.2) is 0 Å². The van der Waals surface area contributed by atoms with E-state index in [0.29, 0.717) is 0 Å². The van der Waals surface area contributed by atoms with Crippen LogP contribution >= 0.6 is 11.3 Å². The van der Waals surface area contributed by atoms with Crippen LogP contribution in [0.25, 0.3) is 0 Å². The SMILES string of the molecule is CNC(CO)c1ccc(C)s1. The fourth-order valence-corrected chi connectivity index (χ4v) is 1.94. The third-order valence-corrected chi connectivity index (χ3v) is 2.75. The van der Waals surface area contributed by atoms with Crippen LogP contribution in [0, 0.1) is 6.92 Å². The van der Waals surface area contributed by atoms with Crippen LogP contribution < -0.4 is 5.32 Å². The molecule has 0 radical (unpaired) electrons.